The highest BCUT2D eigenvalue weighted by Gasteiger charge is 2.42. The number of nitrogens with zero attached hydrogens (tertiary/aromatic N) is 5. The Kier molecular flexibility index (Phi) is 6.77. The molecule has 0 bridgehead atoms. The van der Waals surface area contributed by atoms with Crippen molar-refractivity contribution < 1.29 is 14.6 Å². The van der Waals surface area contributed by atoms with Gasteiger partial charge in [-0.3, -0.25) is 4.90 Å². The van der Waals surface area contributed by atoms with Crippen LogP contribution in [-0.2, 0) is 4.74 Å². The van der Waals surface area contributed by atoms with Gasteiger partial charge in [-0.1, -0.05) is 18.2 Å². The summed E-state index contributed by atoms with van der Waals surface area (Å²) in [6, 6.07) is 11.9. The molecular formula is C28H35N7O3. The third-order valence-electron chi connectivity index (χ3n) is 8.05. The second kappa shape index (κ2) is 10.4. The molecule has 0 saturated carbocycles. The van der Waals surface area contributed by atoms with Gasteiger partial charge in [-0.05, 0) is 73.5 Å². The van der Waals surface area contributed by atoms with Crippen molar-refractivity contribution >= 4 is 28.9 Å². The molecule has 6 rings (SSSR count). The third-order valence-corrected chi connectivity index (χ3v) is 8.05. The fourth-order valence-corrected chi connectivity index (χ4v) is 5.90. The second-order valence-corrected chi connectivity index (χ2v) is 10.5. The van der Waals surface area contributed by atoms with E-state index in [1.807, 2.05) is 49.5 Å². The van der Waals surface area contributed by atoms with E-state index in [1.165, 1.54) is 6.42 Å². The molecule has 1 spiro atoms. The molecule has 1 aromatic carbocycles. The predicted octanol–water partition coefficient (Wildman–Crippen LogP) is 3.39. The monoisotopic (exact) mass is 517 g/mol. The van der Waals surface area contributed by atoms with Crippen LogP contribution < -0.4 is 10.6 Å². The molecular weight excluding hydrogens is 482 g/mol. The van der Waals surface area contributed by atoms with Gasteiger partial charge in [-0.25, -0.2) is 9.31 Å². The lowest BCUT2D eigenvalue weighted by Gasteiger charge is -2.26. The number of rotatable bonds is 6. The minimum absolute atomic E-state index is 0.274. The Hall–Kier alpha value is -3.47. The number of aliphatic hydroxyl groups excluding tert-OH is 1. The topological polar surface area (TPSA) is 107 Å². The van der Waals surface area contributed by atoms with Crippen LogP contribution in [0.4, 0.5) is 16.4 Å². The minimum atomic E-state index is -0.594. The molecule has 1 amide bonds. The summed E-state index contributed by atoms with van der Waals surface area (Å²) in [7, 11) is 0. The number of hydrogen-bond donors (Lipinski definition) is 3. The van der Waals surface area contributed by atoms with Crippen molar-refractivity contribution in [2.75, 3.05) is 51.2 Å². The molecule has 10 heteroatoms. The SMILES string of the molecule is CCOC(=O)N1CC=C(c2cccn3nc(Nc4ccc(C(O)N5CCC6(CCNC6)C5)cc4)nc23)CC1. The van der Waals surface area contributed by atoms with Crippen LogP contribution in [0.15, 0.2) is 48.7 Å². The number of carbonyl (C=O) groups excluding carboxylic acids is 1. The molecule has 3 aliphatic rings. The Balaban J connectivity index is 1.13. The molecule has 10 nitrogen and oxygen atoms in total. The van der Waals surface area contributed by atoms with E-state index < -0.39 is 6.23 Å². The van der Waals surface area contributed by atoms with Gasteiger partial charge in [0.1, 0.15) is 6.23 Å². The summed E-state index contributed by atoms with van der Waals surface area (Å²) in [5.74, 6) is 0.505. The Bertz CT molecular complexity index is 1330. The lowest BCUT2D eigenvalue weighted by atomic mass is 9.86. The Morgan fingerprint density at radius 2 is 2.11 bits per heavy atom. The Labute approximate surface area is 222 Å². The van der Waals surface area contributed by atoms with Crippen molar-refractivity contribution in [1.29, 1.82) is 0 Å². The first-order valence-electron chi connectivity index (χ1n) is 13.5. The zero-order valence-corrected chi connectivity index (χ0v) is 21.8. The van der Waals surface area contributed by atoms with E-state index in [4.69, 9.17) is 9.72 Å². The quantitative estimate of drug-likeness (QED) is 0.457. The molecule has 2 atom stereocenters. The molecule has 0 radical (unpaired) electrons. The molecule has 38 heavy (non-hydrogen) atoms. The Morgan fingerprint density at radius 3 is 2.84 bits per heavy atom. The van der Waals surface area contributed by atoms with Gasteiger partial charge >= 0.3 is 6.09 Å². The van der Waals surface area contributed by atoms with E-state index in [0.717, 1.165) is 67.1 Å². The summed E-state index contributed by atoms with van der Waals surface area (Å²) in [5, 5.41) is 22.4. The highest BCUT2D eigenvalue weighted by molar-refractivity contribution is 5.79. The van der Waals surface area contributed by atoms with Crippen LogP contribution in [0.1, 0.15) is 43.5 Å². The van der Waals surface area contributed by atoms with Crippen molar-refractivity contribution in [2.45, 2.75) is 32.4 Å². The molecule has 200 valence electrons. The van der Waals surface area contributed by atoms with Crippen molar-refractivity contribution in [1.82, 2.24) is 29.7 Å². The lowest BCUT2D eigenvalue weighted by molar-refractivity contribution is 0.0117. The predicted molar refractivity (Wildman–Crippen MR) is 145 cm³/mol. The van der Waals surface area contributed by atoms with Crippen LogP contribution in [0.25, 0.3) is 11.2 Å². The normalized spacial score (nSPS) is 22.7. The summed E-state index contributed by atoms with van der Waals surface area (Å²) in [5.41, 5.74) is 5.00. The number of aromatic nitrogens is 3. The number of amides is 1. The zero-order valence-electron chi connectivity index (χ0n) is 21.8. The number of benzene rings is 1. The molecule has 2 fully saturated rings. The first-order chi connectivity index (χ1) is 18.5. The van der Waals surface area contributed by atoms with E-state index in [9.17, 15) is 9.90 Å². The first kappa shape index (κ1) is 24.8. The number of anilines is 2. The van der Waals surface area contributed by atoms with Gasteiger partial charge in [-0.15, -0.1) is 5.10 Å². The number of ether oxygens (including phenoxy) is 1. The average molecular weight is 518 g/mol. The van der Waals surface area contributed by atoms with Crippen molar-refractivity contribution in [3.8, 4) is 0 Å². The number of nitrogens with one attached hydrogen (secondary N) is 2. The number of aliphatic hydroxyl groups is 1. The molecule has 5 heterocycles. The number of hydrogen-bond acceptors (Lipinski definition) is 8. The molecule has 0 aliphatic carbocycles. The third kappa shape index (κ3) is 4.87. The van der Waals surface area contributed by atoms with Gasteiger partial charge in [0.05, 0.1) is 6.61 Å². The van der Waals surface area contributed by atoms with Crippen LogP contribution in [0.5, 0.6) is 0 Å². The molecule has 2 unspecified atom stereocenters. The van der Waals surface area contributed by atoms with Crippen LogP contribution in [0.2, 0.25) is 0 Å². The highest BCUT2D eigenvalue weighted by Crippen LogP contribution is 2.39. The molecule has 2 saturated heterocycles. The van der Waals surface area contributed by atoms with Crippen LogP contribution in [0.3, 0.4) is 0 Å². The fourth-order valence-electron chi connectivity index (χ4n) is 5.90. The fraction of sp³-hybridized carbons (Fsp3) is 0.464. The van der Waals surface area contributed by atoms with Crippen molar-refractivity contribution in [2.24, 2.45) is 5.41 Å². The zero-order chi connectivity index (χ0) is 26.1. The Morgan fingerprint density at radius 1 is 1.24 bits per heavy atom. The summed E-state index contributed by atoms with van der Waals surface area (Å²) in [6.45, 7) is 7.31. The maximum absolute atomic E-state index is 12.0. The molecule has 3 aromatic rings. The average Bonchev–Trinajstić information content (AvgIpc) is 3.69. The lowest BCUT2D eigenvalue weighted by Crippen LogP contribution is -2.35. The summed E-state index contributed by atoms with van der Waals surface area (Å²) in [4.78, 5) is 20.7. The number of likely N-dealkylation sites (tertiary alicyclic amines) is 1. The maximum Gasteiger partial charge on any atom is 0.410 e. The first-order valence-corrected chi connectivity index (χ1v) is 13.5. The molecule has 3 aliphatic heterocycles. The summed E-state index contributed by atoms with van der Waals surface area (Å²) >= 11 is 0. The van der Waals surface area contributed by atoms with Crippen LogP contribution in [-0.4, -0.2) is 81.5 Å². The van der Waals surface area contributed by atoms with Crippen molar-refractivity contribution in [3.05, 3.63) is 59.8 Å². The standard InChI is InChI=1S/C28H35N7O3/c1-2-38-27(37)33-15-9-20(10-16-33)23-4-3-14-35-24(23)31-26(32-35)30-22-7-5-21(6-8-22)25(36)34-17-12-28(19-34)11-13-29-18-28/h3-9,14,25,29,36H,2,10-13,15-19H2,1H3,(H,30,32). The van der Waals surface area contributed by atoms with E-state index in [1.54, 1.807) is 9.42 Å². The van der Waals surface area contributed by atoms with Gasteiger partial charge in [0, 0.05) is 50.2 Å². The van der Waals surface area contributed by atoms with Gasteiger partial charge in [0.25, 0.3) is 0 Å². The molecule has 2 aromatic heterocycles. The van der Waals surface area contributed by atoms with E-state index in [0.29, 0.717) is 31.1 Å². The van der Waals surface area contributed by atoms with E-state index in [2.05, 4.69) is 26.7 Å². The maximum atomic E-state index is 12.0. The van der Waals surface area contributed by atoms with Gasteiger partial charge in [0.15, 0.2) is 5.65 Å². The van der Waals surface area contributed by atoms with E-state index >= 15 is 0 Å². The number of carbonyl (C=O) groups is 1. The van der Waals surface area contributed by atoms with Gasteiger partial charge in [-0.2, -0.15) is 4.98 Å². The van der Waals surface area contributed by atoms with Gasteiger partial charge < -0.3 is 25.4 Å². The number of fused-ring (bicyclic) bond motifs is 1. The van der Waals surface area contributed by atoms with Crippen LogP contribution in [0, 0.1) is 5.41 Å². The summed E-state index contributed by atoms with van der Waals surface area (Å²) in [6.07, 6.45) is 6.13. The minimum Gasteiger partial charge on any atom is -0.450 e. The van der Waals surface area contributed by atoms with Crippen molar-refractivity contribution in [3.63, 3.8) is 0 Å². The van der Waals surface area contributed by atoms with Gasteiger partial charge in [0.2, 0.25) is 5.95 Å². The largest absolute Gasteiger partial charge is 0.450 e. The smallest absolute Gasteiger partial charge is 0.410 e. The highest BCUT2D eigenvalue weighted by atomic mass is 16.6. The van der Waals surface area contributed by atoms with Crippen LogP contribution >= 0.6 is 0 Å². The molecule has 3 N–H and O–H groups in total. The summed E-state index contributed by atoms with van der Waals surface area (Å²) < 4.78 is 6.90. The van der Waals surface area contributed by atoms with E-state index in [-0.39, 0.29) is 6.09 Å². The number of pyridine rings is 1. The second-order valence-electron chi connectivity index (χ2n) is 10.5.